The van der Waals surface area contributed by atoms with Crippen molar-refractivity contribution in [2.45, 2.75) is 13.8 Å². The summed E-state index contributed by atoms with van der Waals surface area (Å²) in [6, 6.07) is 10.3. The quantitative estimate of drug-likeness (QED) is 0.749. The van der Waals surface area contributed by atoms with Gasteiger partial charge in [-0.1, -0.05) is 16.8 Å². The predicted octanol–water partition coefficient (Wildman–Crippen LogP) is 3.73. The van der Waals surface area contributed by atoms with Crippen molar-refractivity contribution in [2.75, 3.05) is 10.6 Å². The molecule has 2 heterocycles. The van der Waals surface area contributed by atoms with E-state index in [9.17, 15) is 4.79 Å². The smallest absolute Gasteiger partial charge is 0.275 e. The standard InChI is InChI=1S/C16H14ClN5O2/c1-9-7-13(15(23)21-14-8-10(2)24-22-14)20-16(18-9)19-12-5-3-11(17)4-6-12/h3-8H,1-2H3,(H,18,19,20)(H,21,22,23). The Morgan fingerprint density at radius 1 is 1.12 bits per heavy atom. The predicted molar refractivity (Wildman–Crippen MR) is 90.7 cm³/mol. The number of nitrogens with one attached hydrogen (secondary N) is 2. The van der Waals surface area contributed by atoms with Crippen LogP contribution in [0.25, 0.3) is 0 Å². The topological polar surface area (TPSA) is 92.9 Å². The molecule has 3 aromatic rings. The largest absolute Gasteiger partial charge is 0.360 e. The fraction of sp³-hybridized carbons (Fsp3) is 0.125. The average molecular weight is 344 g/mol. The van der Waals surface area contributed by atoms with E-state index >= 15 is 0 Å². The van der Waals surface area contributed by atoms with Crippen LogP contribution < -0.4 is 10.6 Å². The Hall–Kier alpha value is -2.93. The van der Waals surface area contributed by atoms with Crippen molar-refractivity contribution in [1.82, 2.24) is 15.1 Å². The van der Waals surface area contributed by atoms with Crippen molar-refractivity contribution in [3.63, 3.8) is 0 Å². The number of benzene rings is 1. The number of amides is 1. The van der Waals surface area contributed by atoms with Crippen LogP contribution in [0.4, 0.5) is 17.5 Å². The molecule has 0 aliphatic heterocycles. The van der Waals surface area contributed by atoms with Crippen LogP contribution in [0.3, 0.4) is 0 Å². The third kappa shape index (κ3) is 3.88. The Morgan fingerprint density at radius 2 is 1.88 bits per heavy atom. The summed E-state index contributed by atoms with van der Waals surface area (Å²) >= 11 is 5.86. The second-order valence-electron chi connectivity index (χ2n) is 5.13. The number of aryl methyl sites for hydroxylation is 2. The summed E-state index contributed by atoms with van der Waals surface area (Å²) in [4.78, 5) is 20.8. The summed E-state index contributed by atoms with van der Waals surface area (Å²) in [5, 5.41) is 10.0. The van der Waals surface area contributed by atoms with E-state index in [0.717, 1.165) is 5.69 Å². The second-order valence-corrected chi connectivity index (χ2v) is 5.56. The number of halogens is 1. The Kier molecular flexibility index (Phi) is 4.43. The molecule has 2 N–H and O–H groups in total. The van der Waals surface area contributed by atoms with Crippen LogP contribution in [0.15, 0.2) is 40.9 Å². The first-order chi connectivity index (χ1) is 11.5. The van der Waals surface area contributed by atoms with Crippen molar-refractivity contribution in [1.29, 1.82) is 0 Å². The Morgan fingerprint density at radius 3 is 2.54 bits per heavy atom. The van der Waals surface area contributed by atoms with E-state index in [2.05, 4.69) is 25.8 Å². The number of carbonyl (C=O) groups is 1. The highest BCUT2D eigenvalue weighted by Gasteiger charge is 2.13. The summed E-state index contributed by atoms with van der Waals surface area (Å²) in [6.07, 6.45) is 0. The molecule has 7 nitrogen and oxygen atoms in total. The minimum Gasteiger partial charge on any atom is -0.360 e. The van der Waals surface area contributed by atoms with E-state index in [4.69, 9.17) is 16.1 Å². The van der Waals surface area contributed by atoms with Crippen molar-refractivity contribution < 1.29 is 9.32 Å². The maximum absolute atomic E-state index is 12.3. The van der Waals surface area contributed by atoms with Crippen LogP contribution in [-0.4, -0.2) is 21.0 Å². The number of carbonyl (C=O) groups excluding carboxylic acids is 1. The molecular formula is C16H14ClN5O2. The SMILES string of the molecule is Cc1cc(C(=O)Nc2cc(C)on2)nc(Nc2ccc(Cl)cc2)n1. The number of aromatic nitrogens is 3. The van der Waals surface area contributed by atoms with Crippen LogP contribution >= 0.6 is 11.6 Å². The highest BCUT2D eigenvalue weighted by atomic mass is 35.5. The minimum absolute atomic E-state index is 0.222. The summed E-state index contributed by atoms with van der Waals surface area (Å²) in [7, 11) is 0. The van der Waals surface area contributed by atoms with Gasteiger partial charge in [-0.25, -0.2) is 9.97 Å². The molecule has 0 aliphatic carbocycles. The minimum atomic E-state index is -0.395. The zero-order valence-electron chi connectivity index (χ0n) is 13.0. The molecule has 0 bridgehead atoms. The number of hydrogen-bond acceptors (Lipinski definition) is 6. The third-order valence-corrected chi connectivity index (χ3v) is 3.31. The highest BCUT2D eigenvalue weighted by Crippen LogP contribution is 2.17. The lowest BCUT2D eigenvalue weighted by Crippen LogP contribution is -2.15. The van der Waals surface area contributed by atoms with Gasteiger partial charge in [0, 0.05) is 22.5 Å². The van der Waals surface area contributed by atoms with Crippen molar-refractivity contribution in [3.8, 4) is 0 Å². The molecule has 0 radical (unpaired) electrons. The van der Waals surface area contributed by atoms with Gasteiger partial charge in [0.25, 0.3) is 5.91 Å². The molecule has 0 atom stereocenters. The molecule has 0 aliphatic rings. The number of hydrogen-bond donors (Lipinski definition) is 2. The highest BCUT2D eigenvalue weighted by molar-refractivity contribution is 6.30. The molecule has 0 fully saturated rings. The molecule has 122 valence electrons. The van der Waals surface area contributed by atoms with Crippen molar-refractivity contribution in [3.05, 3.63) is 58.6 Å². The summed E-state index contributed by atoms with van der Waals surface area (Å²) < 4.78 is 4.92. The monoisotopic (exact) mass is 343 g/mol. The molecule has 0 spiro atoms. The molecule has 0 saturated carbocycles. The van der Waals surface area contributed by atoms with Gasteiger partial charge in [0.05, 0.1) is 0 Å². The van der Waals surface area contributed by atoms with Crippen molar-refractivity contribution >= 4 is 35.0 Å². The van der Waals surface area contributed by atoms with E-state index in [1.165, 1.54) is 0 Å². The molecule has 0 unspecified atom stereocenters. The van der Waals surface area contributed by atoms with Gasteiger partial charge in [0.1, 0.15) is 11.5 Å². The van der Waals surface area contributed by atoms with Gasteiger partial charge in [-0.3, -0.25) is 4.79 Å². The summed E-state index contributed by atoms with van der Waals surface area (Å²) in [5.41, 5.74) is 1.64. The summed E-state index contributed by atoms with van der Waals surface area (Å²) in [6.45, 7) is 3.53. The fourth-order valence-corrected chi connectivity index (χ4v) is 2.13. The zero-order valence-corrected chi connectivity index (χ0v) is 13.8. The van der Waals surface area contributed by atoms with Gasteiger partial charge in [-0.15, -0.1) is 0 Å². The van der Waals surface area contributed by atoms with E-state index in [-0.39, 0.29) is 5.69 Å². The Labute approximate surface area is 143 Å². The maximum atomic E-state index is 12.3. The van der Waals surface area contributed by atoms with Crippen LogP contribution in [0.5, 0.6) is 0 Å². The molecular weight excluding hydrogens is 330 g/mol. The molecule has 3 rings (SSSR count). The maximum Gasteiger partial charge on any atom is 0.275 e. The summed E-state index contributed by atoms with van der Waals surface area (Å²) in [5.74, 6) is 0.863. The van der Waals surface area contributed by atoms with Crippen LogP contribution in [-0.2, 0) is 0 Å². The fourth-order valence-electron chi connectivity index (χ4n) is 2.01. The van der Waals surface area contributed by atoms with Gasteiger partial charge in [0.15, 0.2) is 5.82 Å². The first kappa shape index (κ1) is 15.9. The van der Waals surface area contributed by atoms with Crippen molar-refractivity contribution in [2.24, 2.45) is 0 Å². The molecule has 8 heteroatoms. The van der Waals surface area contributed by atoms with Gasteiger partial charge >= 0.3 is 0 Å². The lowest BCUT2D eigenvalue weighted by molar-refractivity contribution is 0.102. The normalized spacial score (nSPS) is 10.5. The lowest BCUT2D eigenvalue weighted by atomic mass is 10.3. The first-order valence-electron chi connectivity index (χ1n) is 7.12. The molecule has 24 heavy (non-hydrogen) atoms. The second kappa shape index (κ2) is 6.67. The number of anilines is 3. The zero-order chi connectivity index (χ0) is 17.1. The first-order valence-corrected chi connectivity index (χ1v) is 7.50. The van der Waals surface area contributed by atoms with E-state index in [1.807, 2.05) is 0 Å². The third-order valence-electron chi connectivity index (χ3n) is 3.06. The van der Waals surface area contributed by atoms with Gasteiger partial charge in [-0.05, 0) is 44.2 Å². The Balaban J connectivity index is 1.80. The average Bonchev–Trinajstić information content (AvgIpc) is 2.94. The lowest BCUT2D eigenvalue weighted by Gasteiger charge is -2.08. The number of rotatable bonds is 4. The Bertz CT molecular complexity index is 876. The molecule has 1 amide bonds. The van der Waals surface area contributed by atoms with E-state index in [0.29, 0.717) is 28.2 Å². The van der Waals surface area contributed by atoms with Gasteiger partial charge in [0.2, 0.25) is 5.95 Å². The van der Waals surface area contributed by atoms with Gasteiger partial charge < -0.3 is 15.2 Å². The molecule has 2 aromatic heterocycles. The molecule has 1 aromatic carbocycles. The van der Waals surface area contributed by atoms with E-state index < -0.39 is 5.91 Å². The molecule has 0 saturated heterocycles. The number of nitrogens with zero attached hydrogens (tertiary/aromatic N) is 3. The van der Waals surface area contributed by atoms with Crippen LogP contribution in [0.1, 0.15) is 21.9 Å². The van der Waals surface area contributed by atoms with Crippen LogP contribution in [0, 0.1) is 13.8 Å². The van der Waals surface area contributed by atoms with E-state index in [1.54, 1.807) is 50.2 Å². The van der Waals surface area contributed by atoms with Gasteiger partial charge in [-0.2, -0.15) is 0 Å². The van der Waals surface area contributed by atoms with Crippen LogP contribution in [0.2, 0.25) is 5.02 Å².